The number of nitrogens with one attached hydrogen (secondary N) is 2. The van der Waals surface area contributed by atoms with Gasteiger partial charge in [-0.15, -0.1) is 0 Å². The Hall–Kier alpha value is -2.73. The van der Waals surface area contributed by atoms with Crippen LogP contribution in [-0.4, -0.2) is 17.7 Å². The normalized spacial score (nSPS) is 16.5. The van der Waals surface area contributed by atoms with Gasteiger partial charge >= 0.3 is 6.03 Å². The van der Waals surface area contributed by atoms with Crippen LogP contribution in [0, 0.1) is 5.92 Å². The number of aliphatic hydroxyl groups is 1. The number of aliphatic hydroxyl groups excluding tert-OH is 1. The van der Waals surface area contributed by atoms with Gasteiger partial charge in [0.25, 0.3) is 0 Å². The molecular weight excluding hydrogens is 320 g/mol. The summed E-state index contributed by atoms with van der Waals surface area (Å²) < 4.78 is 11.0. The summed E-state index contributed by atoms with van der Waals surface area (Å²) in [6.07, 6.45) is 2.75. The van der Waals surface area contributed by atoms with E-state index in [1.54, 1.807) is 12.1 Å². The van der Waals surface area contributed by atoms with E-state index in [0.29, 0.717) is 11.7 Å². The topological polar surface area (TPSA) is 87.6 Å². The molecule has 6 nitrogen and oxygen atoms in total. The number of benzene rings is 1. The van der Waals surface area contributed by atoms with E-state index in [9.17, 15) is 9.90 Å². The van der Waals surface area contributed by atoms with Crippen molar-refractivity contribution in [3.8, 4) is 0 Å². The molecule has 4 rings (SSSR count). The molecule has 3 aromatic rings. The Morgan fingerprint density at radius 3 is 2.76 bits per heavy atom. The molecule has 1 aliphatic rings. The van der Waals surface area contributed by atoms with Crippen LogP contribution in [0.4, 0.5) is 4.79 Å². The van der Waals surface area contributed by atoms with Crippen molar-refractivity contribution >= 4 is 17.0 Å². The molecule has 6 heteroatoms. The molecule has 25 heavy (non-hydrogen) atoms. The molecule has 0 radical (unpaired) electrons. The number of urea groups is 1. The van der Waals surface area contributed by atoms with Gasteiger partial charge in [-0.05, 0) is 43.0 Å². The van der Waals surface area contributed by atoms with Gasteiger partial charge < -0.3 is 24.6 Å². The van der Waals surface area contributed by atoms with E-state index in [-0.39, 0.29) is 18.6 Å². The lowest BCUT2D eigenvalue weighted by Gasteiger charge is -2.17. The zero-order valence-corrected chi connectivity index (χ0v) is 13.6. The van der Waals surface area contributed by atoms with E-state index >= 15 is 0 Å². The Labute approximate surface area is 144 Å². The van der Waals surface area contributed by atoms with Crippen LogP contribution in [0.15, 0.2) is 57.6 Å². The summed E-state index contributed by atoms with van der Waals surface area (Å²) in [7, 11) is 0. The minimum Gasteiger partial charge on any atom is -0.467 e. The monoisotopic (exact) mass is 340 g/mol. The molecule has 0 spiro atoms. The van der Waals surface area contributed by atoms with E-state index in [4.69, 9.17) is 8.83 Å². The fourth-order valence-electron chi connectivity index (χ4n) is 2.97. The molecule has 0 bridgehead atoms. The first kappa shape index (κ1) is 15.8. The number of amides is 2. The van der Waals surface area contributed by atoms with Crippen LogP contribution < -0.4 is 10.6 Å². The number of carbonyl (C=O) groups is 1. The number of hydrogen-bond acceptors (Lipinski definition) is 4. The Balaban J connectivity index is 1.40. The number of carbonyl (C=O) groups excluding carboxylic acids is 1. The summed E-state index contributed by atoms with van der Waals surface area (Å²) in [5.74, 6) is 1.59. The van der Waals surface area contributed by atoms with Gasteiger partial charge in [0.1, 0.15) is 23.2 Å². The van der Waals surface area contributed by atoms with Crippen LogP contribution >= 0.6 is 0 Å². The Morgan fingerprint density at radius 1 is 1.20 bits per heavy atom. The van der Waals surface area contributed by atoms with Gasteiger partial charge in [-0.2, -0.15) is 0 Å². The van der Waals surface area contributed by atoms with Crippen LogP contribution in [0.1, 0.15) is 36.5 Å². The molecule has 1 saturated carbocycles. The molecule has 0 unspecified atom stereocenters. The first-order valence-corrected chi connectivity index (χ1v) is 8.45. The van der Waals surface area contributed by atoms with E-state index < -0.39 is 6.10 Å². The van der Waals surface area contributed by atoms with Crippen molar-refractivity contribution in [1.82, 2.24) is 10.6 Å². The summed E-state index contributed by atoms with van der Waals surface area (Å²) >= 11 is 0. The largest absolute Gasteiger partial charge is 0.467 e. The van der Waals surface area contributed by atoms with Crippen LogP contribution in [0.3, 0.4) is 0 Å². The van der Waals surface area contributed by atoms with Gasteiger partial charge in [-0.25, -0.2) is 4.79 Å². The highest BCUT2D eigenvalue weighted by atomic mass is 16.4. The zero-order valence-electron chi connectivity index (χ0n) is 13.6. The molecule has 2 aromatic heterocycles. The van der Waals surface area contributed by atoms with Gasteiger partial charge in [0.15, 0.2) is 0 Å². The van der Waals surface area contributed by atoms with Crippen molar-refractivity contribution < 1.29 is 18.7 Å². The van der Waals surface area contributed by atoms with Crippen molar-refractivity contribution in [2.45, 2.75) is 25.0 Å². The molecule has 130 valence electrons. The molecular formula is C19H20N2O4. The van der Waals surface area contributed by atoms with Crippen molar-refractivity contribution in [1.29, 1.82) is 0 Å². The highest BCUT2D eigenvalue weighted by molar-refractivity contribution is 5.78. The molecule has 3 N–H and O–H groups in total. The molecule has 0 aliphatic heterocycles. The third-order valence-electron chi connectivity index (χ3n) is 4.46. The minimum absolute atomic E-state index is 0.0802. The maximum Gasteiger partial charge on any atom is 0.315 e. The second-order valence-corrected chi connectivity index (χ2v) is 6.39. The number of fused-ring (bicyclic) bond motifs is 1. The summed E-state index contributed by atoms with van der Waals surface area (Å²) in [5.41, 5.74) is 0.818. The lowest BCUT2D eigenvalue weighted by atomic mass is 10.1. The highest BCUT2D eigenvalue weighted by Gasteiger charge is 2.35. The van der Waals surface area contributed by atoms with Crippen LogP contribution in [0.25, 0.3) is 11.0 Å². The molecule has 2 heterocycles. The summed E-state index contributed by atoms with van der Waals surface area (Å²) in [6, 6.07) is 12.7. The zero-order chi connectivity index (χ0) is 17.2. The van der Waals surface area contributed by atoms with E-state index in [1.165, 1.54) is 6.26 Å². The second kappa shape index (κ2) is 6.64. The van der Waals surface area contributed by atoms with E-state index in [0.717, 1.165) is 29.6 Å². The van der Waals surface area contributed by atoms with E-state index in [2.05, 4.69) is 10.6 Å². The van der Waals surface area contributed by atoms with Crippen LogP contribution in [-0.2, 0) is 0 Å². The fourth-order valence-corrected chi connectivity index (χ4v) is 2.97. The van der Waals surface area contributed by atoms with Crippen molar-refractivity contribution in [3.63, 3.8) is 0 Å². The third-order valence-corrected chi connectivity index (χ3v) is 4.46. The van der Waals surface area contributed by atoms with Crippen molar-refractivity contribution in [2.24, 2.45) is 5.92 Å². The average molecular weight is 340 g/mol. The minimum atomic E-state index is -0.869. The lowest BCUT2D eigenvalue weighted by Crippen LogP contribution is -2.40. The fraction of sp³-hybridized carbons (Fsp3) is 0.316. The summed E-state index contributed by atoms with van der Waals surface area (Å²) in [6.45, 7) is 0.0802. The van der Waals surface area contributed by atoms with Gasteiger partial charge in [0.05, 0.1) is 18.8 Å². The van der Waals surface area contributed by atoms with Gasteiger partial charge in [0.2, 0.25) is 0 Å². The quantitative estimate of drug-likeness (QED) is 0.641. The Kier molecular flexibility index (Phi) is 4.19. The predicted octanol–water partition coefficient (Wildman–Crippen LogP) is 3.51. The molecule has 2 amide bonds. The van der Waals surface area contributed by atoms with Crippen molar-refractivity contribution in [2.75, 3.05) is 6.54 Å². The lowest BCUT2D eigenvalue weighted by molar-refractivity contribution is 0.147. The Bertz CT molecular complexity index is 818. The predicted molar refractivity (Wildman–Crippen MR) is 91.9 cm³/mol. The number of para-hydroxylation sites is 1. The summed E-state index contributed by atoms with van der Waals surface area (Å²) in [5, 5.41) is 16.7. The van der Waals surface area contributed by atoms with Gasteiger partial charge in [0, 0.05) is 5.39 Å². The number of rotatable bonds is 6. The molecule has 1 aromatic carbocycles. The SMILES string of the molecule is O=C(NC[C@H](O)c1ccco1)N[C@@H](c1cc2ccccc2o1)C1CC1. The van der Waals surface area contributed by atoms with Gasteiger partial charge in [-0.1, -0.05) is 18.2 Å². The standard InChI is InChI=1S/C19H20N2O4/c22-14(16-6-3-9-24-16)11-20-19(23)21-18(12-7-8-12)17-10-13-4-1-2-5-15(13)25-17/h1-6,9-10,12,14,18,22H,7-8,11H2,(H2,20,21,23)/t14-,18+/m0/s1. The molecule has 1 fully saturated rings. The maximum absolute atomic E-state index is 12.2. The van der Waals surface area contributed by atoms with E-state index in [1.807, 2.05) is 30.3 Å². The first-order valence-electron chi connectivity index (χ1n) is 8.45. The van der Waals surface area contributed by atoms with Crippen LogP contribution in [0.5, 0.6) is 0 Å². The van der Waals surface area contributed by atoms with Crippen LogP contribution in [0.2, 0.25) is 0 Å². The Morgan fingerprint density at radius 2 is 2.04 bits per heavy atom. The van der Waals surface area contributed by atoms with Gasteiger partial charge in [-0.3, -0.25) is 0 Å². The number of furan rings is 2. The average Bonchev–Trinajstić information content (AvgIpc) is 3.14. The third kappa shape index (κ3) is 3.53. The smallest absolute Gasteiger partial charge is 0.315 e. The maximum atomic E-state index is 12.2. The molecule has 0 saturated heterocycles. The second-order valence-electron chi connectivity index (χ2n) is 6.39. The number of hydrogen-bond donors (Lipinski definition) is 3. The molecule has 2 atom stereocenters. The highest BCUT2D eigenvalue weighted by Crippen LogP contribution is 2.42. The summed E-state index contributed by atoms with van der Waals surface area (Å²) in [4.78, 5) is 12.2. The first-order chi connectivity index (χ1) is 12.2. The molecule has 1 aliphatic carbocycles. The van der Waals surface area contributed by atoms with Crippen molar-refractivity contribution in [3.05, 3.63) is 60.2 Å².